The number of carbonyl (C=O) groups excluding carboxylic acids is 1. The molecule has 8 heteroatoms. The Morgan fingerprint density at radius 1 is 1.00 bits per heavy atom. The smallest absolute Gasteiger partial charge is 0.268 e. The molecule has 1 N–H and O–H groups in total. The third-order valence-electron chi connectivity index (χ3n) is 5.14. The standard InChI is InChI=1S/C21H23N3O4S/c25-21(20-15-19(23-28-20)16-7-3-1-4-8-16)22-17-9-11-18(12-10-17)29(26,27)24-13-5-2-6-14-24/h1,3-4,7-12,20H,2,5-6,13-15H2,(H,22,25). The highest BCUT2D eigenvalue weighted by molar-refractivity contribution is 7.89. The molecule has 29 heavy (non-hydrogen) atoms. The van der Waals surface area contributed by atoms with Gasteiger partial charge in [-0.2, -0.15) is 4.31 Å². The lowest BCUT2D eigenvalue weighted by Crippen LogP contribution is -2.35. The second-order valence-corrected chi connectivity index (χ2v) is 9.12. The first kappa shape index (κ1) is 19.6. The molecule has 2 aromatic carbocycles. The van der Waals surface area contributed by atoms with Crippen LogP contribution < -0.4 is 5.32 Å². The van der Waals surface area contributed by atoms with Crippen LogP contribution in [0.3, 0.4) is 0 Å². The van der Waals surface area contributed by atoms with Crippen molar-refractivity contribution in [1.82, 2.24) is 4.31 Å². The van der Waals surface area contributed by atoms with E-state index >= 15 is 0 Å². The molecule has 152 valence electrons. The van der Waals surface area contributed by atoms with Crippen LogP contribution in [0.25, 0.3) is 0 Å². The van der Waals surface area contributed by atoms with E-state index in [-0.39, 0.29) is 10.8 Å². The molecule has 1 unspecified atom stereocenters. The van der Waals surface area contributed by atoms with Crippen LogP contribution in [0.4, 0.5) is 5.69 Å². The Balaban J connectivity index is 1.37. The van der Waals surface area contributed by atoms with Crippen molar-refractivity contribution in [2.75, 3.05) is 18.4 Å². The molecule has 0 saturated carbocycles. The van der Waals surface area contributed by atoms with E-state index in [2.05, 4.69) is 10.5 Å². The largest absolute Gasteiger partial charge is 0.382 e. The lowest BCUT2D eigenvalue weighted by molar-refractivity contribution is -0.125. The predicted molar refractivity (Wildman–Crippen MR) is 110 cm³/mol. The lowest BCUT2D eigenvalue weighted by atomic mass is 10.0. The Labute approximate surface area is 170 Å². The second-order valence-electron chi connectivity index (χ2n) is 7.18. The van der Waals surface area contributed by atoms with E-state index in [1.165, 1.54) is 16.4 Å². The van der Waals surface area contributed by atoms with Gasteiger partial charge in [-0.15, -0.1) is 0 Å². The van der Waals surface area contributed by atoms with Crippen molar-refractivity contribution >= 4 is 27.3 Å². The summed E-state index contributed by atoms with van der Waals surface area (Å²) in [7, 11) is -3.48. The molecule has 7 nitrogen and oxygen atoms in total. The Hall–Kier alpha value is -2.71. The average Bonchev–Trinajstić information content (AvgIpc) is 3.26. The van der Waals surface area contributed by atoms with E-state index in [0.717, 1.165) is 30.5 Å². The molecule has 1 fully saturated rings. The molecule has 0 aromatic heterocycles. The molecule has 1 amide bonds. The fraction of sp³-hybridized carbons (Fsp3) is 0.333. The van der Waals surface area contributed by atoms with Gasteiger partial charge in [0.1, 0.15) is 0 Å². The summed E-state index contributed by atoms with van der Waals surface area (Å²) in [6, 6.07) is 15.8. The van der Waals surface area contributed by atoms with Gasteiger partial charge in [0.05, 0.1) is 10.6 Å². The van der Waals surface area contributed by atoms with Crippen molar-refractivity contribution in [3.05, 3.63) is 60.2 Å². The molecule has 2 aliphatic heterocycles. The van der Waals surface area contributed by atoms with Gasteiger partial charge in [0.2, 0.25) is 16.1 Å². The molecular formula is C21H23N3O4S. The van der Waals surface area contributed by atoms with Crippen LogP contribution in [-0.4, -0.2) is 43.5 Å². The minimum absolute atomic E-state index is 0.240. The first-order chi connectivity index (χ1) is 14.0. The van der Waals surface area contributed by atoms with Gasteiger partial charge >= 0.3 is 0 Å². The number of benzene rings is 2. The van der Waals surface area contributed by atoms with E-state index in [1.54, 1.807) is 12.1 Å². The highest BCUT2D eigenvalue weighted by atomic mass is 32.2. The van der Waals surface area contributed by atoms with Crippen molar-refractivity contribution in [3.63, 3.8) is 0 Å². The SMILES string of the molecule is O=C(Nc1ccc(S(=O)(=O)N2CCCCC2)cc1)C1CC(c2ccccc2)=NO1. The summed E-state index contributed by atoms with van der Waals surface area (Å²) in [4.78, 5) is 18.0. The number of amides is 1. The molecule has 0 spiro atoms. The third-order valence-corrected chi connectivity index (χ3v) is 7.06. The molecule has 1 atom stereocenters. The number of carbonyl (C=O) groups is 1. The summed E-state index contributed by atoms with van der Waals surface area (Å²) in [6.45, 7) is 1.12. The summed E-state index contributed by atoms with van der Waals surface area (Å²) in [5, 5.41) is 6.79. The van der Waals surface area contributed by atoms with Gasteiger partial charge in [-0.25, -0.2) is 8.42 Å². The number of piperidine rings is 1. The zero-order valence-electron chi connectivity index (χ0n) is 16.0. The molecule has 0 aliphatic carbocycles. The monoisotopic (exact) mass is 413 g/mol. The normalized spacial score (nSPS) is 20.0. The highest BCUT2D eigenvalue weighted by Gasteiger charge is 2.29. The Morgan fingerprint density at radius 2 is 1.69 bits per heavy atom. The van der Waals surface area contributed by atoms with Crippen molar-refractivity contribution in [2.45, 2.75) is 36.7 Å². The van der Waals surface area contributed by atoms with Crippen molar-refractivity contribution in [3.8, 4) is 0 Å². The van der Waals surface area contributed by atoms with Gasteiger partial charge in [0.15, 0.2) is 0 Å². The molecule has 2 heterocycles. The van der Waals surface area contributed by atoms with Crippen molar-refractivity contribution in [1.29, 1.82) is 0 Å². The van der Waals surface area contributed by atoms with E-state index in [0.29, 0.717) is 25.2 Å². The first-order valence-electron chi connectivity index (χ1n) is 9.73. The molecule has 0 radical (unpaired) electrons. The minimum Gasteiger partial charge on any atom is -0.382 e. The number of hydrogen-bond acceptors (Lipinski definition) is 5. The number of nitrogens with zero attached hydrogens (tertiary/aromatic N) is 2. The van der Waals surface area contributed by atoms with Crippen LogP contribution in [0.15, 0.2) is 64.6 Å². The fourth-order valence-corrected chi connectivity index (χ4v) is 5.02. The van der Waals surface area contributed by atoms with Crippen LogP contribution in [-0.2, 0) is 19.7 Å². The number of sulfonamides is 1. The Bertz CT molecular complexity index is 998. The van der Waals surface area contributed by atoms with Crippen molar-refractivity contribution in [2.24, 2.45) is 5.16 Å². The van der Waals surface area contributed by atoms with Crippen LogP contribution in [0.2, 0.25) is 0 Å². The van der Waals surface area contributed by atoms with Gasteiger partial charge in [0.25, 0.3) is 5.91 Å². The zero-order chi connectivity index (χ0) is 20.3. The maximum atomic E-state index is 12.7. The molecule has 4 rings (SSSR count). The van der Waals surface area contributed by atoms with Gasteiger partial charge in [0, 0.05) is 25.2 Å². The maximum Gasteiger partial charge on any atom is 0.268 e. The molecule has 2 aromatic rings. The van der Waals surface area contributed by atoms with E-state index < -0.39 is 16.1 Å². The van der Waals surface area contributed by atoms with E-state index in [1.807, 2.05) is 30.3 Å². The Kier molecular flexibility index (Phi) is 5.64. The molecular weight excluding hydrogens is 390 g/mol. The summed E-state index contributed by atoms with van der Waals surface area (Å²) in [5.41, 5.74) is 2.17. The van der Waals surface area contributed by atoms with Crippen molar-refractivity contribution < 1.29 is 18.0 Å². The molecule has 1 saturated heterocycles. The quantitative estimate of drug-likeness (QED) is 0.816. The summed E-state index contributed by atoms with van der Waals surface area (Å²) >= 11 is 0. The number of anilines is 1. The number of oxime groups is 1. The van der Waals surface area contributed by atoms with Gasteiger partial charge in [-0.05, 0) is 42.7 Å². The maximum absolute atomic E-state index is 12.7. The predicted octanol–water partition coefficient (Wildman–Crippen LogP) is 2.99. The molecule has 2 aliphatic rings. The lowest BCUT2D eigenvalue weighted by Gasteiger charge is -2.25. The highest BCUT2D eigenvalue weighted by Crippen LogP contribution is 2.23. The first-order valence-corrected chi connectivity index (χ1v) is 11.2. The van der Waals surface area contributed by atoms with E-state index in [4.69, 9.17) is 4.84 Å². The minimum atomic E-state index is -3.48. The van der Waals surface area contributed by atoms with Gasteiger partial charge in [-0.1, -0.05) is 41.9 Å². The second kappa shape index (κ2) is 8.34. The number of hydrogen-bond donors (Lipinski definition) is 1. The van der Waals surface area contributed by atoms with Crippen LogP contribution >= 0.6 is 0 Å². The molecule has 0 bridgehead atoms. The number of rotatable bonds is 5. The Morgan fingerprint density at radius 3 is 2.38 bits per heavy atom. The summed E-state index contributed by atoms with van der Waals surface area (Å²) < 4.78 is 26.9. The van der Waals surface area contributed by atoms with Crippen LogP contribution in [0, 0.1) is 0 Å². The van der Waals surface area contributed by atoms with E-state index in [9.17, 15) is 13.2 Å². The van der Waals surface area contributed by atoms with Crippen LogP contribution in [0.5, 0.6) is 0 Å². The number of nitrogens with one attached hydrogen (secondary N) is 1. The summed E-state index contributed by atoms with van der Waals surface area (Å²) in [5.74, 6) is -0.314. The van der Waals surface area contributed by atoms with Gasteiger partial charge in [-0.3, -0.25) is 4.79 Å². The fourth-order valence-electron chi connectivity index (χ4n) is 3.51. The third kappa shape index (κ3) is 4.33. The zero-order valence-corrected chi connectivity index (χ0v) is 16.8. The topological polar surface area (TPSA) is 88.1 Å². The summed E-state index contributed by atoms with van der Waals surface area (Å²) in [6.07, 6.45) is 2.53. The average molecular weight is 413 g/mol. The van der Waals surface area contributed by atoms with Gasteiger partial charge < -0.3 is 10.2 Å². The van der Waals surface area contributed by atoms with Crippen LogP contribution in [0.1, 0.15) is 31.2 Å².